The van der Waals surface area contributed by atoms with Crippen molar-refractivity contribution in [3.8, 4) is 28.1 Å². The van der Waals surface area contributed by atoms with Crippen LogP contribution in [-0.4, -0.2) is 52.4 Å². The van der Waals surface area contributed by atoms with Crippen LogP contribution >= 0.6 is 0 Å². The molecule has 1 aliphatic carbocycles. The number of aromatic nitrogens is 1. The molecule has 3 atom stereocenters. The summed E-state index contributed by atoms with van der Waals surface area (Å²) in [5.74, 6) is -4.26. The maximum atomic E-state index is 13.9. The number of hydrogen-bond donors (Lipinski definition) is 3. The predicted molar refractivity (Wildman–Crippen MR) is 166 cm³/mol. The first kappa shape index (κ1) is 38.1. The highest BCUT2D eigenvalue weighted by molar-refractivity contribution is 5.91. The van der Waals surface area contributed by atoms with Gasteiger partial charge in [0.2, 0.25) is 5.88 Å². The Labute approximate surface area is 280 Å². The Bertz CT molecular complexity index is 1850. The summed E-state index contributed by atoms with van der Waals surface area (Å²) in [6.45, 7) is 4.54. The van der Waals surface area contributed by atoms with E-state index in [0.29, 0.717) is 28.3 Å². The van der Waals surface area contributed by atoms with Crippen LogP contribution in [0, 0.1) is 31.1 Å². The number of carboxylic acids is 1. The lowest BCUT2D eigenvalue weighted by Gasteiger charge is -2.31. The molecule has 0 spiro atoms. The summed E-state index contributed by atoms with van der Waals surface area (Å²) in [5, 5.41) is 29.1. The number of rotatable bonds is 9. The maximum absolute atomic E-state index is 13.9. The molecule has 0 saturated heterocycles. The SMILES string of the molecule is COc1ncc(-c2c(C)cc(C(=O)O)cc2C)cc1-c1ccc(C(F)(F)F)cc1CC(=N)[C@@H](C)C(O)C1C=C(C(F)(F)F)C=C(C(F)(F)F)C1. The smallest absolute Gasteiger partial charge is 0.416 e. The molecule has 4 rings (SSSR count). The Morgan fingerprint density at radius 1 is 0.960 bits per heavy atom. The zero-order valence-electron chi connectivity index (χ0n) is 26.9. The normalized spacial score (nSPS) is 16.7. The zero-order chi connectivity index (χ0) is 37.5. The molecule has 0 saturated carbocycles. The number of hydrogen-bond acceptors (Lipinski definition) is 5. The molecule has 0 radical (unpaired) electrons. The summed E-state index contributed by atoms with van der Waals surface area (Å²) in [7, 11) is 1.27. The number of halogens is 9. The van der Waals surface area contributed by atoms with Crippen LogP contribution in [0.1, 0.15) is 46.0 Å². The number of aliphatic hydroxyl groups is 1. The second-order valence-corrected chi connectivity index (χ2v) is 12.1. The highest BCUT2D eigenvalue weighted by Crippen LogP contribution is 2.43. The standard InChI is InChI=1S/C35H31F9N2O4/c1-16-7-21(32(48)49)8-17(2)29(16)22-12-27(31(50-4)46-15-22)26-6-5-23(33(36,37)38)9-19(26)13-28(45)18(3)30(47)20-10-24(34(39,40)41)14-25(11-20)35(42,43)44/h5-10,12,14-15,18,20,30,45,47H,11,13H2,1-4H3,(H,48,49)/t18-,20?,30?/m1/s1. The number of allylic oxidation sites excluding steroid dienone is 3. The van der Waals surface area contributed by atoms with Crippen LogP contribution in [0.5, 0.6) is 5.88 Å². The molecule has 0 bridgehead atoms. The van der Waals surface area contributed by atoms with Crippen molar-refractivity contribution < 1.29 is 59.3 Å². The van der Waals surface area contributed by atoms with Gasteiger partial charge in [0.1, 0.15) is 0 Å². The van der Waals surface area contributed by atoms with Crippen LogP contribution in [0.4, 0.5) is 39.5 Å². The summed E-state index contributed by atoms with van der Waals surface area (Å²) in [5.41, 5.74) is -2.28. The van der Waals surface area contributed by atoms with E-state index in [-0.39, 0.29) is 34.2 Å². The first-order valence-electron chi connectivity index (χ1n) is 14.9. The van der Waals surface area contributed by atoms with Gasteiger partial charge in [0, 0.05) is 46.9 Å². The fraction of sp³-hybridized carbons (Fsp3) is 0.343. The molecule has 0 fully saturated rings. The van der Waals surface area contributed by atoms with Gasteiger partial charge < -0.3 is 20.4 Å². The molecule has 2 aromatic carbocycles. The van der Waals surface area contributed by atoms with Gasteiger partial charge in [-0.05, 0) is 84.5 Å². The molecule has 3 N–H and O–H groups in total. The molecule has 6 nitrogen and oxygen atoms in total. The molecule has 0 amide bonds. The third-order valence-corrected chi connectivity index (χ3v) is 8.59. The van der Waals surface area contributed by atoms with E-state index >= 15 is 0 Å². The fourth-order valence-electron chi connectivity index (χ4n) is 6.04. The van der Waals surface area contributed by atoms with Crippen molar-refractivity contribution in [3.63, 3.8) is 0 Å². The summed E-state index contributed by atoms with van der Waals surface area (Å²) < 4.78 is 128. The number of aliphatic hydroxyl groups excluding tert-OH is 1. The average Bonchev–Trinajstić information content (AvgIpc) is 3.02. The summed E-state index contributed by atoms with van der Waals surface area (Å²) in [6.07, 6.45) is -16.8. The molecular formula is C35H31F9N2O4. The van der Waals surface area contributed by atoms with Crippen molar-refractivity contribution in [1.82, 2.24) is 4.98 Å². The first-order chi connectivity index (χ1) is 23.0. The first-order valence-corrected chi connectivity index (χ1v) is 14.9. The minimum atomic E-state index is -5.16. The number of alkyl halides is 9. The van der Waals surface area contributed by atoms with Gasteiger partial charge in [-0.1, -0.05) is 19.1 Å². The largest absolute Gasteiger partial charge is 0.481 e. The van der Waals surface area contributed by atoms with Gasteiger partial charge in [0.15, 0.2) is 0 Å². The highest BCUT2D eigenvalue weighted by Gasteiger charge is 2.44. The van der Waals surface area contributed by atoms with E-state index in [9.17, 15) is 54.5 Å². The van der Waals surface area contributed by atoms with Gasteiger partial charge in [0.05, 0.1) is 29.9 Å². The minimum Gasteiger partial charge on any atom is -0.481 e. The lowest BCUT2D eigenvalue weighted by molar-refractivity contribution is -0.137. The third kappa shape index (κ3) is 8.20. The van der Waals surface area contributed by atoms with Gasteiger partial charge in [-0.15, -0.1) is 0 Å². The molecule has 50 heavy (non-hydrogen) atoms. The van der Waals surface area contributed by atoms with Crippen molar-refractivity contribution in [2.24, 2.45) is 11.8 Å². The number of aryl methyl sites for hydroxylation is 2. The molecule has 1 aliphatic rings. The highest BCUT2D eigenvalue weighted by atomic mass is 19.4. The van der Waals surface area contributed by atoms with Gasteiger partial charge in [-0.25, -0.2) is 9.78 Å². The van der Waals surface area contributed by atoms with E-state index in [0.717, 1.165) is 18.2 Å². The number of nitrogens with one attached hydrogen (secondary N) is 1. The number of benzene rings is 2. The second kappa shape index (κ2) is 13.9. The topological polar surface area (TPSA) is 104 Å². The van der Waals surface area contributed by atoms with Crippen molar-refractivity contribution in [3.05, 3.63) is 93.7 Å². The molecule has 2 unspecified atom stereocenters. The number of ether oxygens (including phenoxy) is 1. The summed E-state index contributed by atoms with van der Waals surface area (Å²) >= 11 is 0. The molecule has 15 heteroatoms. The molecule has 268 valence electrons. The number of aromatic carboxylic acids is 1. The quantitative estimate of drug-likeness (QED) is 0.152. The molecular weight excluding hydrogens is 683 g/mol. The Hall–Kier alpha value is -4.66. The molecule has 1 heterocycles. The van der Waals surface area contributed by atoms with Crippen LogP contribution in [0.3, 0.4) is 0 Å². The van der Waals surface area contributed by atoms with Crippen molar-refractivity contribution in [1.29, 1.82) is 5.41 Å². The van der Waals surface area contributed by atoms with Gasteiger partial charge in [-0.2, -0.15) is 39.5 Å². The fourth-order valence-corrected chi connectivity index (χ4v) is 6.04. The summed E-state index contributed by atoms with van der Waals surface area (Å²) in [4.78, 5) is 15.9. The summed E-state index contributed by atoms with van der Waals surface area (Å²) in [6, 6.07) is 7.13. The van der Waals surface area contributed by atoms with Gasteiger partial charge in [0.25, 0.3) is 0 Å². The van der Waals surface area contributed by atoms with Crippen LogP contribution in [0.2, 0.25) is 0 Å². The Balaban J connectivity index is 1.77. The second-order valence-electron chi connectivity index (χ2n) is 12.1. The van der Waals surface area contributed by atoms with Crippen molar-refractivity contribution >= 4 is 11.7 Å². The number of carboxylic acid groups (broad SMARTS) is 1. The van der Waals surface area contributed by atoms with E-state index in [4.69, 9.17) is 10.1 Å². The van der Waals surface area contributed by atoms with Gasteiger partial charge >= 0.3 is 24.5 Å². The Morgan fingerprint density at radius 2 is 1.58 bits per heavy atom. The average molecular weight is 715 g/mol. The maximum Gasteiger partial charge on any atom is 0.416 e. The van der Waals surface area contributed by atoms with Crippen molar-refractivity contribution in [2.45, 2.75) is 58.2 Å². The zero-order valence-corrected chi connectivity index (χ0v) is 26.9. The van der Waals surface area contributed by atoms with Gasteiger partial charge in [-0.3, -0.25) is 0 Å². The predicted octanol–water partition coefficient (Wildman–Crippen LogP) is 9.31. The Kier molecular flexibility index (Phi) is 10.6. The minimum absolute atomic E-state index is 0.0228. The Morgan fingerprint density at radius 3 is 2.10 bits per heavy atom. The van der Waals surface area contributed by atoms with Crippen LogP contribution in [0.15, 0.2) is 65.9 Å². The van der Waals surface area contributed by atoms with Crippen LogP contribution in [-0.2, 0) is 12.6 Å². The lowest BCUT2D eigenvalue weighted by atomic mass is 9.79. The monoisotopic (exact) mass is 714 g/mol. The van der Waals surface area contributed by atoms with E-state index in [1.807, 2.05) is 0 Å². The molecule has 0 aliphatic heterocycles. The van der Waals surface area contributed by atoms with Crippen LogP contribution in [0.25, 0.3) is 22.3 Å². The van der Waals surface area contributed by atoms with E-state index in [1.165, 1.54) is 32.4 Å². The lowest BCUT2D eigenvalue weighted by Crippen LogP contribution is -2.35. The molecule has 3 aromatic rings. The number of methoxy groups -OCH3 is 1. The third-order valence-electron chi connectivity index (χ3n) is 8.59. The number of pyridine rings is 1. The van der Waals surface area contributed by atoms with Crippen LogP contribution < -0.4 is 4.74 Å². The van der Waals surface area contributed by atoms with E-state index in [1.54, 1.807) is 19.9 Å². The van der Waals surface area contributed by atoms with Crippen molar-refractivity contribution in [2.75, 3.05) is 7.11 Å². The number of carbonyl (C=O) groups is 1. The molecule has 1 aromatic heterocycles. The van der Waals surface area contributed by atoms with E-state index < -0.39 is 77.7 Å². The van der Waals surface area contributed by atoms with E-state index in [2.05, 4.69) is 4.98 Å². The number of nitrogens with zero attached hydrogens (tertiary/aromatic N) is 1.